The number of benzene rings is 11. The second kappa shape index (κ2) is 18.7. The number of rotatable bonds is 12. The molecule has 3 nitrogen and oxygen atoms in total. The topological polar surface area (TPSA) is 23.6 Å². The number of fused-ring (bicyclic) bond motifs is 6. The van der Waals surface area contributed by atoms with Crippen LogP contribution in [0.15, 0.2) is 286 Å². The molecule has 13 rings (SSSR count). The number of nitrogens with zero attached hydrogens (tertiary/aromatic N) is 2. The van der Waals surface area contributed by atoms with Crippen molar-refractivity contribution in [2.75, 3.05) is 9.80 Å². The van der Waals surface area contributed by atoms with Crippen LogP contribution in [0.4, 0.5) is 34.1 Å². The van der Waals surface area contributed by atoms with Crippen molar-refractivity contribution in [3.63, 3.8) is 0 Å². The smallest absolute Gasteiger partial charge is 0.193 e. The fourth-order valence-corrected chi connectivity index (χ4v) is 12.2. The van der Waals surface area contributed by atoms with Crippen molar-refractivity contribution in [2.45, 2.75) is 24.7 Å². The van der Waals surface area contributed by atoms with Crippen molar-refractivity contribution in [3.8, 4) is 22.3 Å². The molecule has 1 unspecified atom stereocenters. The Kier molecular flexibility index (Phi) is 11.4. The molecule has 0 fully saturated rings. The van der Waals surface area contributed by atoms with Crippen molar-refractivity contribution >= 4 is 45.5 Å². The summed E-state index contributed by atoms with van der Waals surface area (Å²) in [7, 11) is 0. The lowest BCUT2D eigenvalue weighted by molar-refractivity contribution is 0.103. The van der Waals surface area contributed by atoms with Gasteiger partial charge >= 0.3 is 0 Å². The highest BCUT2D eigenvalue weighted by Crippen LogP contribution is 2.61. The standard InChI is InChI=1S/C73H54N2O/c1-50(51-26-10-4-11-27-51)53-42-54(71(76)52-28-12-5-13-29-52)44-55(43-53)73(68-41-25-23-39-64(68)66-48-69-65(49-70(66)73)63-38-22-24-40-67(63)72(69,2)3)56-45-61(74(57-30-14-6-15-31-57)58-32-16-7-17-33-58)47-62(46-56)75(59-34-18-8-19-35-59)60-36-20-9-21-37-60/h4-49H,1H2,2-3H3. The highest BCUT2D eigenvalue weighted by molar-refractivity contribution is 6.10. The summed E-state index contributed by atoms with van der Waals surface area (Å²) in [6, 6.07) is 99.2. The van der Waals surface area contributed by atoms with Gasteiger partial charge < -0.3 is 9.80 Å². The van der Waals surface area contributed by atoms with Gasteiger partial charge in [-0.3, -0.25) is 4.79 Å². The van der Waals surface area contributed by atoms with Gasteiger partial charge in [0.25, 0.3) is 0 Å². The zero-order chi connectivity index (χ0) is 51.4. The van der Waals surface area contributed by atoms with Crippen LogP contribution in [0.3, 0.4) is 0 Å². The van der Waals surface area contributed by atoms with Crippen LogP contribution in [0.2, 0.25) is 0 Å². The lowest BCUT2D eigenvalue weighted by atomic mass is 9.66. The van der Waals surface area contributed by atoms with Gasteiger partial charge in [0, 0.05) is 50.7 Å². The number of carbonyl (C=O) groups excluding carboxylic acids is 1. The third kappa shape index (κ3) is 7.62. The number of hydrogen-bond acceptors (Lipinski definition) is 3. The Bertz CT molecular complexity index is 3730. The summed E-state index contributed by atoms with van der Waals surface area (Å²) < 4.78 is 0. The first kappa shape index (κ1) is 46.2. The molecule has 76 heavy (non-hydrogen) atoms. The Morgan fingerprint density at radius 2 is 0.697 bits per heavy atom. The first-order valence-electron chi connectivity index (χ1n) is 26.1. The quantitative estimate of drug-likeness (QED) is 0.114. The summed E-state index contributed by atoms with van der Waals surface area (Å²) in [5, 5.41) is 0. The predicted octanol–water partition coefficient (Wildman–Crippen LogP) is 18.6. The van der Waals surface area contributed by atoms with E-state index in [9.17, 15) is 0 Å². The van der Waals surface area contributed by atoms with E-state index < -0.39 is 5.41 Å². The van der Waals surface area contributed by atoms with E-state index in [1.54, 1.807) is 0 Å². The van der Waals surface area contributed by atoms with E-state index in [1.807, 2.05) is 42.5 Å². The monoisotopic (exact) mass is 974 g/mol. The molecule has 0 saturated heterocycles. The van der Waals surface area contributed by atoms with Gasteiger partial charge in [0.1, 0.15) is 0 Å². The predicted molar refractivity (Wildman–Crippen MR) is 315 cm³/mol. The Balaban J connectivity index is 1.21. The summed E-state index contributed by atoms with van der Waals surface area (Å²) >= 11 is 0. The molecule has 0 amide bonds. The zero-order valence-electron chi connectivity index (χ0n) is 42.6. The SMILES string of the molecule is C=C(c1ccccc1)c1cc(C(=O)c2ccccc2)cc(C2(c3cc(N(c4ccccc4)c4ccccc4)cc(N(c4ccccc4)c4ccccc4)c3)c3ccccc3-c3cc4c(cc32)-c2ccccc2C4(C)C)c1. The molecule has 0 spiro atoms. The van der Waals surface area contributed by atoms with Crippen LogP contribution < -0.4 is 9.80 Å². The molecule has 0 aromatic heterocycles. The second-order valence-corrected chi connectivity index (χ2v) is 20.5. The minimum atomic E-state index is -1.01. The minimum absolute atomic E-state index is 0.0519. The lowest BCUT2D eigenvalue weighted by Gasteiger charge is -2.37. The van der Waals surface area contributed by atoms with E-state index in [0.717, 1.165) is 78.6 Å². The van der Waals surface area contributed by atoms with E-state index in [-0.39, 0.29) is 11.2 Å². The van der Waals surface area contributed by atoms with Crippen LogP contribution in [0.5, 0.6) is 0 Å². The maximum absolute atomic E-state index is 15.3. The maximum atomic E-state index is 15.3. The fraction of sp³-hybridized carbons (Fsp3) is 0.0548. The van der Waals surface area contributed by atoms with Gasteiger partial charge in [-0.2, -0.15) is 0 Å². The van der Waals surface area contributed by atoms with Crippen molar-refractivity contribution in [2.24, 2.45) is 0 Å². The summed E-state index contributed by atoms with van der Waals surface area (Å²) in [6.45, 7) is 9.51. The molecule has 3 heteroatoms. The molecular formula is C73H54N2O. The van der Waals surface area contributed by atoms with Crippen molar-refractivity contribution in [3.05, 3.63) is 341 Å². The largest absolute Gasteiger partial charge is 0.310 e. The molecule has 0 heterocycles. The summed E-state index contributed by atoms with van der Waals surface area (Å²) in [5.74, 6) is -0.0519. The Morgan fingerprint density at radius 3 is 1.21 bits per heavy atom. The van der Waals surface area contributed by atoms with Crippen LogP contribution in [-0.2, 0) is 10.8 Å². The average molecular weight is 975 g/mol. The summed E-state index contributed by atoms with van der Waals surface area (Å²) in [4.78, 5) is 20.0. The van der Waals surface area contributed by atoms with Crippen LogP contribution >= 0.6 is 0 Å². The molecular weight excluding hydrogens is 921 g/mol. The Hall–Kier alpha value is -9.57. The molecule has 11 aromatic carbocycles. The van der Waals surface area contributed by atoms with E-state index in [0.29, 0.717) is 11.1 Å². The molecule has 0 N–H and O–H groups in total. The van der Waals surface area contributed by atoms with E-state index in [1.165, 1.54) is 27.8 Å². The van der Waals surface area contributed by atoms with E-state index >= 15 is 4.79 Å². The van der Waals surface area contributed by atoms with Gasteiger partial charge in [-0.15, -0.1) is 0 Å². The first-order chi connectivity index (χ1) is 37.3. The second-order valence-electron chi connectivity index (χ2n) is 20.5. The highest BCUT2D eigenvalue weighted by Gasteiger charge is 2.49. The maximum Gasteiger partial charge on any atom is 0.193 e. The molecule has 362 valence electrons. The van der Waals surface area contributed by atoms with Crippen LogP contribution in [0, 0.1) is 0 Å². The van der Waals surface area contributed by atoms with Gasteiger partial charge in [-0.25, -0.2) is 0 Å². The summed E-state index contributed by atoms with van der Waals surface area (Å²) in [6.07, 6.45) is 0. The van der Waals surface area contributed by atoms with Crippen molar-refractivity contribution < 1.29 is 4.79 Å². The van der Waals surface area contributed by atoms with Gasteiger partial charge in [0.05, 0.1) is 5.41 Å². The molecule has 2 aliphatic rings. The van der Waals surface area contributed by atoms with Crippen LogP contribution in [-0.4, -0.2) is 5.78 Å². The Labute approximate surface area is 446 Å². The zero-order valence-corrected chi connectivity index (χ0v) is 42.6. The molecule has 0 radical (unpaired) electrons. The molecule has 2 aliphatic carbocycles. The first-order valence-corrected chi connectivity index (χ1v) is 26.1. The molecule has 0 bridgehead atoms. The van der Waals surface area contributed by atoms with E-state index in [2.05, 4.69) is 260 Å². The number of ketones is 1. The lowest BCUT2D eigenvalue weighted by Crippen LogP contribution is -2.30. The molecule has 11 aromatic rings. The van der Waals surface area contributed by atoms with Gasteiger partial charge in [0.15, 0.2) is 5.78 Å². The Morgan fingerprint density at radius 1 is 0.316 bits per heavy atom. The van der Waals surface area contributed by atoms with Gasteiger partial charge in [0.2, 0.25) is 0 Å². The van der Waals surface area contributed by atoms with Gasteiger partial charge in [-0.1, -0.05) is 202 Å². The third-order valence-corrected chi connectivity index (χ3v) is 15.8. The van der Waals surface area contributed by atoms with Gasteiger partial charge in [-0.05, 0) is 169 Å². The number of carbonyl (C=O) groups is 1. The van der Waals surface area contributed by atoms with Crippen molar-refractivity contribution in [1.82, 2.24) is 0 Å². The molecule has 0 saturated carbocycles. The molecule has 1 atom stereocenters. The fourth-order valence-electron chi connectivity index (χ4n) is 12.2. The number of hydrogen-bond donors (Lipinski definition) is 0. The third-order valence-electron chi connectivity index (χ3n) is 15.8. The van der Waals surface area contributed by atoms with E-state index in [4.69, 9.17) is 6.58 Å². The average Bonchev–Trinajstić information content (AvgIpc) is 3.98. The number of anilines is 6. The highest BCUT2D eigenvalue weighted by atomic mass is 16.1. The summed E-state index contributed by atoms with van der Waals surface area (Å²) in [5.41, 5.74) is 20.5. The normalized spacial score (nSPS) is 14.4. The molecule has 0 aliphatic heterocycles. The minimum Gasteiger partial charge on any atom is -0.310 e. The van der Waals surface area contributed by atoms with Crippen LogP contribution in [0.1, 0.15) is 74.3 Å². The number of para-hydroxylation sites is 4. The van der Waals surface area contributed by atoms with Crippen LogP contribution in [0.25, 0.3) is 27.8 Å². The van der Waals surface area contributed by atoms with Crippen molar-refractivity contribution in [1.29, 1.82) is 0 Å².